The molecule has 3 unspecified atom stereocenters. The van der Waals surface area contributed by atoms with E-state index in [0.717, 1.165) is 18.2 Å². The molecular formula is C34H34F3N3O6SSe. The summed E-state index contributed by atoms with van der Waals surface area (Å²) in [5.41, 5.74) is 2.86. The van der Waals surface area contributed by atoms with E-state index in [-0.39, 0.29) is 38.7 Å². The van der Waals surface area contributed by atoms with Gasteiger partial charge >= 0.3 is 119 Å². The summed E-state index contributed by atoms with van der Waals surface area (Å²) in [6.07, 6.45) is -3.91. The SMILES string of the molecule is COc1ccc(N(CC(F)(F)F)S(=O)(=O)C2CC3OC2C(c2ccc(NC(=O)CCCCC[Se]C#N)cc2)=C3c2ccc(O)cc2)cc1. The maximum Gasteiger partial charge on any atom is 0.115 e. The van der Waals surface area contributed by atoms with Crippen LogP contribution in [0.15, 0.2) is 72.8 Å². The minimum Gasteiger partial charge on any atom is -0.508 e. The number of nitriles is 1. The molecule has 0 spiro atoms. The van der Waals surface area contributed by atoms with Crippen LogP contribution in [-0.2, 0) is 19.6 Å². The number of amides is 1. The fourth-order valence-electron chi connectivity index (χ4n) is 6.04. The van der Waals surface area contributed by atoms with Crippen LogP contribution >= 0.6 is 0 Å². The van der Waals surface area contributed by atoms with E-state index in [1.165, 1.54) is 43.5 Å². The van der Waals surface area contributed by atoms with E-state index < -0.39 is 40.2 Å². The topological polar surface area (TPSA) is 129 Å². The third-order valence-electron chi connectivity index (χ3n) is 8.24. The number of halogens is 3. The van der Waals surface area contributed by atoms with Gasteiger partial charge in [-0.25, -0.2) is 8.42 Å². The molecule has 48 heavy (non-hydrogen) atoms. The molecule has 2 N–H and O–H groups in total. The molecule has 0 saturated carbocycles. The second-order valence-electron chi connectivity index (χ2n) is 11.4. The van der Waals surface area contributed by atoms with E-state index >= 15 is 0 Å². The maximum absolute atomic E-state index is 14.2. The van der Waals surface area contributed by atoms with Crippen LogP contribution in [-0.4, -0.2) is 71.7 Å². The number of hydrogen-bond donors (Lipinski definition) is 2. The van der Waals surface area contributed by atoms with Crippen molar-refractivity contribution in [3.63, 3.8) is 0 Å². The Morgan fingerprint density at radius 3 is 2.29 bits per heavy atom. The molecule has 2 heterocycles. The number of aromatic hydroxyl groups is 1. The van der Waals surface area contributed by atoms with Gasteiger partial charge in [0, 0.05) is 0 Å². The molecule has 3 aromatic rings. The zero-order valence-corrected chi connectivity index (χ0v) is 28.5. The number of benzene rings is 3. The second kappa shape index (κ2) is 15.0. The Labute approximate surface area is 283 Å². The van der Waals surface area contributed by atoms with E-state index in [1.807, 2.05) is 0 Å². The smallest absolute Gasteiger partial charge is 0.115 e. The fourth-order valence-corrected chi connectivity index (χ4v) is 8.96. The molecule has 14 heteroatoms. The zero-order chi connectivity index (χ0) is 34.5. The van der Waals surface area contributed by atoms with Crippen molar-refractivity contribution in [1.82, 2.24) is 0 Å². The second-order valence-corrected chi connectivity index (χ2v) is 15.4. The van der Waals surface area contributed by atoms with Crippen LogP contribution in [0.2, 0.25) is 5.32 Å². The van der Waals surface area contributed by atoms with Gasteiger partial charge in [0.2, 0.25) is 10.0 Å². The zero-order valence-electron chi connectivity index (χ0n) is 25.9. The first-order valence-corrected chi connectivity index (χ1v) is 18.8. The minimum atomic E-state index is -4.82. The van der Waals surface area contributed by atoms with Crippen molar-refractivity contribution in [3.8, 4) is 16.5 Å². The van der Waals surface area contributed by atoms with Crippen molar-refractivity contribution in [2.75, 3.05) is 23.3 Å². The maximum atomic E-state index is 14.2. The predicted octanol–water partition coefficient (Wildman–Crippen LogP) is 6.35. The number of phenols is 1. The van der Waals surface area contributed by atoms with Gasteiger partial charge in [-0.3, -0.25) is 4.31 Å². The summed E-state index contributed by atoms with van der Waals surface area (Å²) >= 11 is -0.0192. The third-order valence-corrected chi connectivity index (χ3v) is 11.7. The number of sulfonamides is 1. The molecule has 0 radical (unpaired) electrons. The van der Waals surface area contributed by atoms with Crippen LogP contribution in [0.25, 0.3) is 11.1 Å². The fraction of sp³-hybridized carbons (Fsp3) is 0.353. The van der Waals surface area contributed by atoms with Crippen LogP contribution in [0.4, 0.5) is 24.5 Å². The van der Waals surface area contributed by atoms with Crippen molar-refractivity contribution < 1.29 is 41.0 Å². The molecule has 1 amide bonds. The molecule has 5 rings (SSSR count). The summed E-state index contributed by atoms with van der Waals surface area (Å²) in [7, 11) is -3.23. The van der Waals surface area contributed by atoms with Gasteiger partial charge in [0.1, 0.15) is 29.4 Å². The summed E-state index contributed by atoms with van der Waals surface area (Å²) in [5, 5.41) is 21.0. The number of rotatable bonds is 14. The van der Waals surface area contributed by atoms with Crippen LogP contribution in [0, 0.1) is 10.2 Å². The summed E-state index contributed by atoms with van der Waals surface area (Å²) in [5.74, 6) is 0.244. The number of hydrogen-bond acceptors (Lipinski definition) is 7. The van der Waals surface area contributed by atoms with Gasteiger partial charge in [0.05, 0.1) is 18.9 Å². The minimum absolute atomic E-state index is 0.0192. The number of nitrogens with one attached hydrogen (secondary N) is 1. The van der Waals surface area contributed by atoms with Gasteiger partial charge in [-0.15, -0.1) is 0 Å². The van der Waals surface area contributed by atoms with Crippen LogP contribution in [0.1, 0.15) is 43.2 Å². The summed E-state index contributed by atoms with van der Waals surface area (Å²) in [6, 6.07) is 18.5. The molecule has 2 aliphatic rings. The van der Waals surface area contributed by atoms with E-state index in [1.54, 1.807) is 36.4 Å². The first-order valence-electron chi connectivity index (χ1n) is 15.2. The van der Waals surface area contributed by atoms with Gasteiger partial charge < -0.3 is 14.6 Å². The molecule has 1 saturated heterocycles. The van der Waals surface area contributed by atoms with Gasteiger partial charge in [-0.05, 0) is 54.0 Å². The first-order chi connectivity index (χ1) is 22.9. The predicted molar refractivity (Wildman–Crippen MR) is 177 cm³/mol. The van der Waals surface area contributed by atoms with E-state index in [4.69, 9.17) is 14.7 Å². The Kier molecular flexibility index (Phi) is 11.1. The van der Waals surface area contributed by atoms with Gasteiger partial charge in [-0.1, -0.05) is 12.1 Å². The third kappa shape index (κ3) is 8.15. The molecule has 3 atom stereocenters. The van der Waals surface area contributed by atoms with E-state index in [9.17, 15) is 31.5 Å². The Morgan fingerprint density at radius 1 is 1.02 bits per heavy atom. The molecule has 3 aromatic carbocycles. The molecule has 254 valence electrons. The largest absolute Gasteiger partial charge is 0.508 e. The molecular weight excluding hydrogens is 714 g/mol. The van der Waals surface area contributed by atoms with Gasteiger partial charge in [0.15, 0.2) is 0 Å². The molecule has 2 bridgehead atoms. The Balaban J connectivity index is 1.44. The van der Waals surface area contributed by atoms with Crippen molar-refractivity contribution in [1.29, 1.82) is 5.26 Å². The number of anilines is 2. The van der Waals surface area contributed by atoms with Crippen molar-refractivity contribution in [3.05, 3.63) is 83.9 Å². The number of ether oxygens (including phenoxy) is 2. The Morgan fingerprint density at radius 2 is 1.67 bits per heavy atom. The summed E-state index contributed by atoms with van der Waals surface area (Å²) in [4.78, 5) is 14.7. The molecule has 1 fully saturated rings. The van der Waals surface area contributed by atoms with Crippen LogP contribution in [0.3, 0.4) is 0 Å². The number of methoxy groups -OCH3 is 1. The number of phenolic OH excluding ortho intramolecular Hbond substituents is 1. The van der Waals surface area contributed by atoms with Gasteiger partial charge in [-0.2, -0.15) is 13.2 Å². The molecule has 0 aromatic heterocycles. The average Bonchev–Trinajstić information content (AvgIpc) is 3.66. The first kappa shape index (κ1) is 35.3. The van der Waals surface area contributed by atoms with E-state index in [0.29, 0.717) is 50.9 Å². The number of carbonyl (C=O) groups is 1. The molecule has 2 aliphatic heterocycles. The molecule has 9 nitrogen and oxygen atoms in total. The van der Waals surface area contributed by atoms with Crippen LogP contribution in [0.5, 0.6) is 11.5 Å². The summed E-state index contributed by atoms with van der Waals surface area (Å²) < 4.78 is 81.5. The number of nitrogens with zero attached hydrogens (tertiary/aromatic N) is 2. The van der Waals surface area contributed by atoms with Crippen molar-refractivity contribution >= 4 is 53.4 Å². The standard InChI is InChI=1S/C34H34F3N3O6SSe/c1-45-27-16-12-25(13-17-27)40(20-34(35,36)37)47(43,44)29-19-28-31(22-8-14-26(41)15-9-22)32(33(29)46-28)23-6-10-24(11-7-23)39-30(42)5-3-2-4-18-48-21-38/h6-17,28-29,33,41H,2-5,18-20H2,1H3,(H,39,42). The average molecular weight is 749 g/mol. The van der Waals surface area contributed by atoms with Crippen molar-refractivity contribution in [2.24, 2.45) is 0 Å². The number of alkyl halides is 3. The Hall–Kier alpha value is -4.02. The number of fused-ring (bicyclic) bond motifs is 2. The normalized spacial score (nSPS) is 18.9. The van der Waals surface area contributed by atoms with Gasteiger partial charge in [0.25, 0.3) is 0 Å². The van der Waals surface area contributed by atoms with Crippen molar-refractivity contribution in [2.45, 2.75) is 61.1 Å². The molecule has 0 aliphatic carbocycles. The number of unbranched alkanes of at least 4 members (excludes halogenated alkanes) is 2. The summed E-state index contributed by atoms with van der Waals surface area (Å²) in [6.45, 7) is -1.71. The number of carbonyl (C=O) groups excluding carboxylic acids is 1. The van der Waals surface area contributed by atoms with Crippen LogP contribution < -0.4 is 14.4 Å². The Bertz CT molecular complexity index is 1780. The van der Waals surface area contributed by atoms with E-state index in [2.05, 4.69) is 10.3 Å². The quantitative estimate of drug-likeness (QED) is 0.145. The monoisotopic (exact) mass is 749 g/mol.